The molecule has 0 aromatic heterocycles. The van der Waals surface area contributed by atoms with Crippen LogP contribution < -0.4 is 42.5 Å². The van der Waals surface area contributed by atoms with Crippen molar-refractivity contribution in [2.24, 2.45) is 0 Å². The molecule has 56 valence electrons. The van der Waals surface area contributed by atoms with Crippen LogP contribution in [0.15, 0.2) is 24.3 Å². The van der Waals surface area contributed by atoms with Gasteiger partial charge in [0.1, 0.15) is 0 Å². The Kier molecular flexibility index (Phi) is 16.8. The van der Waals surface area contributed by atoms with E-state index in [2.05, 4.69) is 13.0 Å². The Labute approximate surface area is 97.4 Å². The van der Waals surface area contributed by atoms with Gasteiger partial charge in [-0.25, -0.2) is 0 Å². The van der Waals surface area contributed by atoms with Crippen LogP contribution in [0.4, 0.5) is 0 Å². The molecular formula is C8H9Li2O2-. The predicted molar refractivity (Wildman–Crippen MR) is 38.1 cm³/mol. The van der Waals surface area contributed by atoms with E-state index in [1.807, 2.05) is 24.3 Å². The van der Waals surface area contributed by atoms with Gasteiger partial charge in [-0.2, -0.15) is 18.2 Å². The summed E-state index contributed by atoms with van der Waals surface area (Å²) in [6.07, 6.45) is 0. The summed E-state index contributed by atoms with van der Waals surface area (Å²) in [5, 5.41) is 0. The third-order valence-corrected chi connectivity index (χ3v) is 0.956. The molecule has 0 atom stereocenters. The van der Waals surface area contributed by atoms with Gasteiger partial charge in [0.25, 0.3) is 0 Å². The van der Waals surface area contributed by atoms with Crippen molar-refractivity contribution < 1.29 is 47.9 Å². The van der Waals surface area contributed by atoms with Gasteiger partial charge in [0, 0.05) is 5.75 Å². The molecule has 1 aromatic rings. The average molecular weight is 151 g/mol. The van der Waals surface area contributed by atoms with E-state index >= 15 is 0 Å². The molecular weight excluding hydrogens is 142 g/mol. The molecule has 0 aliphatic heterocycles. The molecule has 12 heavy (non-hydrogen) atoms. The largest absolute Gasteiger partial charge is 1.00 e. The first-order valence-electron chi connectivity index (χ1n) is 2.81. The summed E-state index contributed by atoms with van der Waals surface area (Å²) in [5.41, 5.74) is 0. The SMILES string of the molecule is [CH2-]COc1cc[c-]cc1.[Li+].[Li+].[OH-]. The molecule has 0 unspecified atom stereocenters. The van der Waals surface area contributed by atoms with Crippen LogP contribution in [0.1, 0.15) is 0 Å². The maximum atomic E-state index is 5.07. The van der Waals surface area contributed by atoms with Crippen LogP contribution in [0.3, 0.4) is 0 Å². The molecule has 1 aromatic carbocycles. The van der Waals surface area contributed by atoms with Crippen LogP contribution in [0.5, 0.6) is 5.75 Å². The first-order chi connectivity index (χ1) is 4.43. The van der Waals surface area contributed by atoms with E-state index in [-0.39, 0.29) is 43.2 Å². The topological polar surface area (TPSA) is 39.2 Å². The Balaban J connectivity index is -0.000000270. The Morgan fingerprint density at radius 2 is 1.75 bits per heavy atom. The molecule has 0 radical (unpaired) electrons. The second-order valence-corrected chi connectivity index (χ2v) is 1.58. The summed E-state index contributed by atoms with van der Waals surface area (Å²) in [6, 6.07) is 10.2. The summed E-state index contributed by atoms with van der Waals surface area (Å²) < 4.78 is 5.07. The molecule has 0 spiro atoms. The third-order valence-electron chi connectivity index (χ3n) is 0.956. The standard InChI is InChI=1S/C8H8O.2Li.H2O/c1-2-9-8-6-4-3-5-7-8;;;/h4-7H,1-2H2;;;1H2/q-2;2*+1;/p-1. The first kappa shape index (κ1) is 18.1. The van der Waals surface area contributed by atoms with Crippen LogP contribution in [0.2, 0.25) is 0 Å². The smallest absolute Gasteiger partial charge is 0.870 e. The third kappa shape index (κ3) is 6.86. The Hall–Kier alpha value is 0.175. The first-order valence-corrected chi connectivity index (χ1v) is 2.81. The van der Waals surface area contributed by atoms with Gasteiger partial charge >= 0.3 is 37.7 Å². The molecule has 2 nitrogen and oxygen atoms in total. The minimum absolute atomic E-state index is 0. The Bertz CT molecular complexity index is 168. The van der Waals surface area contributed by atoms with Crippen molar-refractivity contribution in [3.63, 3.8) is 0 Å². The van der Waals surface area contributed by atoms with E-state index < -0.39 is 0 Å². The van der Waals surface area contributed by atoms with Gasteiger partial charge in [0.05, 0.1) is 0 Å². The molecule has 0 aliphatic rings. The zero-order chi connectivity index (χ0) is 6.53. The van der Waals surface area contributed by atoms with Crippen molar-refractivity contribution in [2.75, 3.05) is 6.61 Å². The van der Waals surface area contributed by atoms with Crippen LogP contribution in [-0.2, 0) is 0 Å². The van der Waals surface area contributed by atoms with Crippen molar-refractivity contribution in [1.29, 1.82) is 0 Å². The van der Waals surface area contributed by atoms with Crippen LogP contribution >= 0.6 is 0 Å². The van der Waals surface area contributed by atoms with E-state index in [0.29, 0.717) is 6.61 Å². The van der Waals surface area contributed by atoms with Gasteiger partial charge in [-0.1, -0.05) is 0 Å². The number of hydrogen-bond acceptors (Lipinski definition) is 2. The Morgan fingerprint density at radius 1 is 1.25 bits per heavy atom. The van der Waals surface area contributed by atoms with Crippen molar-refractivity contribution in [3.05, 3.63) is 37.3 Å². The van der Waals surface area contributed by atoms with Crippen LogP contribution in [0.25, 0.3) is 0 Å². The zero-order valence-electron chi connectivity index (χ0n) is 7.58. The molecule has 0 saturated heterocycles. The quantitative estimate of drug-likeness (QED) is 0.316. The van der Waals surface area contributed by atoms with Crippen molar-refractivity contribution in [1.82, 2.24) is 0 Å². The van der Waals surface area contributed by atoms with Gasteiger partial charge in [-0.15, -0.1) is 12.1 Å². The van der Waals surface area contributed by atoms with Gasteiger partial charge in [-0.3, -0.25) is 0 Å². The van der Waals surface area contributed by atoms with Crippen molar-refractivity contribution in [2.45, 2.75) is 0 Å². The molecule has 0 aliphatic carbocycles. The van der Waals surface area contributed by atoms with Crippen LogP contribution in [-0.4, -0.2) is 12.1 Å². The number of benzene rings is 1. The summed E-state index contributed by atoms with van der Waals surface area (Å²) in [6.45, 7) is 4.02. The molecule has 1 N–H and O–H groups in total. The molecule has 4 heteroatoms. The number of rotatable bonds is 2. The maximum absolute atomic E-state index is 5.07. The number of ether oxygens (including phenoxy) is 1. The second kappa shape index (κ2) is 11.2. The van der Waals surface area contributed by atoms with E-state index in [1.165, 1.54) is 0 Å². The number of hydrogen-bond donors (Lipinski definition) is 0. The summed E-state index contributed by atoms with van der Waals surface area (Å²) in [7, 11) is 0. The van der Waals surface area contributed by atoms with E-state index in [1.54, 1.807) is 0 Å². The molecule has 0 heterocycles. The summed E-state index contributed by atoms with van der Waals surface area (Å²) in [4.78, 5) is 0. The van der Waals surface area contributed by atoms with E-state index in [0.717, 1.165) is 5.75 Å². The predicted octanol–water partition coefficient (Wildman–Crippen LogP) is -4.47. The molecule has 0 bridgehead atoms. The normalized spacial score (nSPS) is 6.75. The fraction of sp³-hybridized carbons (Fsp3) is 0.125. The average Bonchev–Trinajstić information content (AvgIpc) is 1.91. The molecule has 0 saturated carbocycles. The summed E-state index contributed by atoms with van der Waals surface area (Å²) in [5.74, 6) is 0.851. The zero-order valence-corrected chi connectivity index (χ0v) is 7.58. The fourth-order valence-electron chi connectivity index (χ4n) is 0.586. The molecule has 1 rings (SSSR count). The Morgan fingerprint density at radius 3 is 2.17 bits per heavy atom. The van der Waals surface area contributed by atoms with E-state index in [9.17, 15) is 0 Å². The van der Waals surface area contributed by atoms with Gasteiger partial charge in [0.15, 0.2) is 0 Å². The van der Waals surface area contributed by atoms with Crippen molar-refractivity contribution in [3.8, 4) is 5.75 Å². The van der Waals surface area contributed by atoms with Gasteiger partial charge in [0.2, 0.25) is 0 Å². The fourth-order valence-corrected chi connectivity index (χ4v) is 0.586. The van der Waals surface area contributed by atoms with Crippen molar-refractivity contribution >= 4 is 0 Å². The maximum Gasteiger partial charge on any atom is 1.00 e. The van der Waals surface area contributed by atoms with Gasteiger partial charge < -0.3 is 17.1 Å². The minimum Gasteiger partial charge on any atom is -0.870 e. The molecule has 0 fully saturated rings. The second-order valence-electron chi connectivity index (χ2n) is 1.58. The van der Waals surface area contributed by atoms with E-state index in [4.69, 9.17) is 4.74 Å². The molecule has 0 amide bonds. The van der Waals surface area contributed by atoms with Crippen LogP contribution in [0, 0.1) is 13.0 Å². The van der Waals surface area contributed by atoms with Gasteiger partial charge in [-0.05, 0) is 6.61 Å². The monoisotopic (exact) mass is 151 g/mol. The minimum atomic E-state index is 0. The summed E-state index contributed by atoms with van der Waals surface area (Å²) >= 11 is 0.